The molecule has 0 radical (unpaired) electrons. The lowest BCUT2D eigenvalue weighted by atomic mass is 10.0. The van der Waals surface area contributed by atoms with Crippen LogP contribution in [-0.4, -0.2) is 41.2 Å². The van der Waals surface area contributed by atoms with E-state index in [1.54, 1.807) is 26.0 Å². The van der Waals surface area contributed by atoms with Crippen LogP contribution in [0.4, 0.5) is 19.2 Å². The van der Waals surface area contributed by atoms with Crippen LogP contribution < -0.4 is 5.32 Å². The smallest absolute Gasteiger partial charge is 0.402 e. The van der Waals surface area contributed by atoms with Gasteiger partial charge in [-0.2, -0.15) is 13.2 Å². The third-order valence-electron chi connectivity index (χ3n) is 4.32. The highest BCUT2D eigenvalue weighted by Crippen LogP contribution is 2.37. The van der Waals surface area contributed by atoms with Crippen molar-refractivity contribution in [2.24, 2.45) is 0 Å². The molecule has 28 heavy (non-hydrogen) atoms. The first-order valence-corrected chi connectivity index (χ1v) is 8.61. The van der Waals surface area contributed by atoms with Gasteiger partial charge in [-0.1, -0.05) is 5.10 Å². The van der Waals surface area contributed by atoms with E-state index in [1.165, 1.54) is 0 Å². The van der Waals surface area contributed by atoms with Crippen LogP contribution in [0.5, 0.6) is 0 Å². The first-order valence-electron chi connectivity index (χ1n) is 8.61. The zero-order chi connectivity index (χ0) is 19.9. The Balaban J connectivity index is 1.68. The van der Waals surface area contributed by atoms with Crippen LogP contribution in [0.3, 0.4) is 0 Å². The molecule has 1 aliphatic heterocycles. The van der Waals surface area contributed by atoms with Crippen LogP contribution >= 0.6 is 0 Å². The second kappa shape index (κ2) is 7.02. The number of benzene rings is 1. The standard InChI is InChI=1S/C18H17F3N4O3/c1-9-5-11-10(2)7-13(23-15(11)12(6-9)18(19,20)21)16-24-25-17(28-16)22-8-14-26-3-4-27-14/h5-7,14H,3-4,8H2,1-2H3,(H,22,25). The highest BCUT2D eigenvalue weighted by Gasteiger charge is 2.34. The maximum Gasteiger partial charge on any atom is 0.418 e. The van der Waals surface area contributed by atoms with Crippen molar-refractivity contribution in [1.29, 1.82) is 0 Å². The van der Waals surface area contributed by atoms with Crippen molar-refractivity contribution >= 4 is 16.9 Å². The summed E-state index contributed by atoms with van der Waals surface area (Å²) in [5, 5.41) is 11.0. The Morgan fingerprint density at radius 3 is 2.57 bits per heavy atom. The lowest BCUT2D eigenvalue weighted by Crippen LogP contribution is -2.20. The molecule has 7 nitrogen and oxygen atoms in total. The number of hydrogen-bond acceptors (Lipinski definition) is 7. The lowest BCUT2D eigenvalue weighted by Gasteiger charge is -2.13. The molecule has 0 aliphatic carbocycles. The molecule has 1 saturated heterocycles. The number of anilines is 1. The maximum atomic E-state index is 13.5. The molecule has 1 aliphatic rings. The molecule has 148 valence electrons. The van der Waals surface area contributed by atoms with Crippen molar-refractivity contribution in [1.82, 2.24) is 15.2 Å². The Morgan fingerprint density at radius 2 is 1.86 bits per heavy atom. The Labute approximate surface area is 157 Å². The number of aryl methyl sites for hydroxylation is 2. The van der Waals surface area contributed by atoms with E-state index in [1.807, 2.05) is 0 Å². The van der Waals surface area contributed by atoms with Crippen LogP contribution in [0, 0.1) is 13.8 Å². The van der Waals surface area contributed by atoms with E-state index in [9.17, 15) is 13.2 Å². The van der Waals surface area contributed by atoms with E-state index in [-0.39, 0.29) is 23.1 Å². The second-order valence-corrected chi connectivity index (χ2v) is 6.50. The number of fused-ring (bicyclic) bond motifs is 1. The Bertz CT molecular complexity index is 1010. The van der Waals surface area contributed by atoms with E-state index in [0.717, 1.165) is 6.07 Å². The van der Waals surface area contributed by atoms with Gasteiger partial charge in [0.25, 0.3) is 5.89 Å². The Morgan fingerprint density at radius 1 is 1.11 bits per heavy atom. The zero-order valence-electron chi connectivity index (χ0n) is 15.1. The summed E-state index contributed by atoms with van der Waals surface area (Å²) in [6.07, 6.45) is -4.93. The molecule has 1 N–H and O–H groups in total. The lowest BCUT2D eigenvalue weighted by molar-refractivity contribution is -0.136. The van der Waals surface area contributed by atoms with Crippen molar-refractivity contribution in [3.05, 3.63) is 34.9 Å². The van der Waals surface area contributed by atoms with Gasteiger partial charge in [0.1, 0.15) is 5.69 Å². The Kier molecular flexibility index (Phi) is 4.68. The normalized spacial score (nSPS) is 15.5. The number of nitrogens with zero attached hydrogens (tertiary/aromatic N) is 3. The summed E-state index contributed by atoms with van der Waals surface area (Å²) in [5.41, 5.74) is 0.385. The minimum absolute atomic E-state index is 0.0226. The molecule has 1 fully saturated rings. The minimum atomic E-state index is -4.52. The topological polar surface area (TPSA) is 82.3 Å². The van der Waals surface area contributed by atoms with Gasteiger partial charge < -0.3 is 19.2 Å². The predicted molar refractivity (Wildman–Crippen MR) is 93.7 cm³/mol. The predicted octanol–water partition coefficient (Wildman–Crippen LogP) is 3.71. The third kappa shape index (κ3) is 3.65. The van der Waals surface area contributed by atoms with Gasteiger partial charge in [-0.05, 0) is 43.2 Å². The van der Waals surface area contributed by atoms with Gasteiger partial charge in [0.2, 0.25) is 0 Å². The molecule has 2 aromatic heterocycles. The van der Waals surface area contributed by atoms with E-state index in [4.69, 9.17) is 13.9 Å². The first-order chi connectivity index (χ1) is 13.3. The average Bonchev–Trinajstić information content (AvgIpc) is 3.30. The van der Waals surface area contributed by atoms with Crippen molar-refractivity contribution in [3.8, 4) is 11.6 Å². The molecule has 3 heterocycles. The van der Waals surface area contributed by atoms with Gasteiger partial charge in [-0.15, -0.1) is 5.10 Å². The third-order valence-corrected chi connectivity index (χ3v) is 4.32. The average molecular weight is 394 g/mol. The van der Waals surface area contributed by atoms with Crippen molar-refractivity contribution in [2.45, 2.75) is 26.3 Å². The Hall–Kier alpha value is -2.72. The van der Waals surface area contributed by atoms with Gasteiger partial charge in [-0.25, -0.2) is 4.98 Å². The molecular formula is C18H17F3N4O3. The highest BCUT2D eigenvalue weighted by atomic mass is 19.4. The molecule has 10 heteroatoms. The van der Waals surface area contributed by atoms with Crippen LogP contribution in [0.2, 0.25) is 0 Å². The van der Waals surface area contributed by atoms with E-state index in [2.05, 4.69) is 20.5 Å². The molecule has 0 amide bonds. The molecule has 1 aromatic carbocycles. The number of nitrogens with one attached hydrogen (secondary N) is 1. The summed E-state index contributed by atoms with van der Waals surface area (Å²) in [4.78, 5) is 4.17. The van der Waals surface area contributed by atoms with Crippen LogP contribution in [0.1, 0.15) is 16.7 Å². The second-order valence-electron chi connectivity index (χ2n) is 6.50. The summed E-state index contributed by atoms with van der Waals surface area (Å²) >= 11 is 0. The quantitative estimate of drug-likeness (QED) is 0.722. The van der Waals surface area contributed by atoms with E-state index in [0.29, 0.717) is 36.3 Å². The summed E-state index contributed by atoms with van der Waals surface area (Å²) in [6, 6.07) is 4.50. The number of hydrogen-bond donors (Lipinski definition) is 1. The zero-order valence-corrected chi connectivity index (χ0v) is 15.1. The number of pyridine rings is 1. The SMILES string of the molecule is Cc1cc(C(F)(F)F)c2nc(-c3nnc(NCC4OCCO4)o3)cc(C)c2c1. The first kappa shape index (κ1) is 18.6. The monoisotopic (exact) mass is 394 g/mol. The van der Waals surface area contributed by atoms with Crippen LogP contribution in [-0.2, 0) is 15.7 Å². The highest BCUT2D eigenvalue weighted by molar-refractivity contribution is 5.88. The van der Waals surface area contributed by atoms with Gasteiger partial charge >= 0.3 is 12.2 Å². The number of rotatable bonds is 4. The molecule has 0 unspecified atom stereocenters. The summed E-state index contributed by atoms with van der Waals surface area (Å²) in [6.45, 7) is 4.68. The maximum absolute atomic E-state index is 13.5. The van der Waals surface area contributed by atoms with Crippen molar-refractivity contribution in [3.63, 3.8) is 0 Å². The van der Waals surface area contributed by atoms with Crippen molar-refractivity contribution in [2.75, 3.05) is 25.1 Å². The van der Waals surface area contributed by atoms with E-state index >= 15 is 0 Å². The fourth-order valence-corrected chi connectivity index (χ4v) is 3.05. The largest absolute Gasteiger partial charge is 0.418 e. The van der Waals surface area contributed by atoms with Crippen molar-refractivity contribution < 1.29 is 27.1 Å². The van der Waals surface area contributed by atoms with Gasteiger partial charge in [0.15, 0.2) is 6.29 Å². The molecule has 0 atom stereocenters. The molecule has 0 bridgehead atoms. The fourth-order valence-electron chi connectivity index (χ4n) is 3.05. The number of ether oxygens (including phenoxy) is 2. The molecular weight excluding hydrogens is 377 g/mol. The molecule has 0 spiro atoms. The molecule has 4 rings (SSSR count). The number of aromatic nitrogens is 3. The van der Waals surface area contributed by atoms with E-state index < -0.39 is 18.0 Å². The summed E-state index contributed by atoms with van der Waals surface area (Å²) in [7, 11) is 0. The van der Waals surface area contributed by atoms with Crippen LogP contribution in [0.25, 0.3) is 22.5 Å². The summed E-state index contributed by atoms with van der Waals surface area (Å²) in [5.74, 6) is 0.0226. The number of alkyl halides is 3. The number of halogens is 3. The van der Waals surface area contributed by atoms with Gasteiger partial charge in [0.05, 0.1) is 30.8 Å². The molecule has 3 aromatic rings. The fraction of sp³-hybridized carbons (Fsp3) is 0.389. The van der Waals surface area contributed by atoms with Crippen LogP contribution in [0.15, 0.2) is 22.6 Å². The van der Waals surface area contributed by atoms with Gasteiger partial charge in [0, 0.05) is 5.39 Å². The summed E-state index contributed by atoms with van der Waals surface area (Å²) < 4.78 is 56.5. The molecule has 0 saturated carbocycles. The minimum Gasteiger partial charge on any atom is -0.402 e. The van der Waals surface area contributed by atoms with Gasteiger partial charge in [-0.3, -0.25) is 0 Å².